The molecule has 17 heavy (non-hydrogen) atoms. The lowest BCUT2D eigenvalue weighted by Crippen LogP contribution is -2.32. The summed E-state index contributed by atoms with van der Waals surface area (Å²) in [7, 11) is 0. The third kappa shape index (κ3) is 1.65. The van der Waals surface area contributed by atoms with Gasteiger partial charge in [-0.25, -0.2) is 4.39 Å². The molecule has 0 aliphatic heterocycles. The van der Waals surface area contributed by atoms with Gasteiger partial charge in [-0.1, -0.05) is 11.6 Å². The Morgan fingerprint density at radius 1 is 1.41 bits per heavy atom. The van der Waals surface area contributed by atoms with Crippen LogP contribution in [0, 0.1) is 12.8 Å². The number of hydrogen-bond donors (Lipinski definition) is 1. The number of hydrogen-bond acceptors (Lipinski definition) is 2. The second-order valence-electron chi connectivity index (χ2n) is 4.99. The Balaban J connectivity index is 2.10. The number of aryl methyl sites for hydroxylation is 1. The first-order valence-electron chi connectivity index (χ1n) is 6.03. The van der Waals surface area contributed by atoms with Gasteiger partial charge < -0.3 is 10.2 Å². The molecule has 0 bridgehead atoms. The molecule has 90 valence electrons. The highest BCUT2D eigenvalue weighted by atomic mass is 19.1. The molecule has 0 radical (unpaired) electrons. The number of benzene rings is 1. The van der Waals surface area contributed by atoms with Gasteiger partial charge in [0.05, 0.1) is 0 Å². The van der Waals surface area contributed by atoms with Crippen LogP contribution in [0.25, 0.3) is 11.0 Å². The van der Waals surface area contributed by atoms with Crippen molar-refractivity contribution >= 4 is 11.0 Å². The molecule has 0 amide bonds. The van der Waals surface area contributed by atoms with E-state index in [0.717, 1.165) is 29.4 Å². The molecule has 3 rings (SSSR count). The van der Waals surface area contributed by atoms with Crippen molar-refractivity contribution in [3.05, 3.63) is 35.6 Å². The van der Waals surface area contributed by atoms with Crippen LogP contribution in [0.5, 0.6) is 0 Å². The van der Waals surface area contributed by atoms with Gasteiger partial charge in [-0.15, -0.1) is 0 Å². The first-order chi connectivity index (χ1) is 8.13. The van der Waals surface area contributed by atoms with Crippen LogP contribution in [0.3, 0.4) is 0 Å². The minimum absolute atomic E-state index is 0.00350. The van der Waals surface area contributed by atoms with E-state index in [0.29, 0.717) is 5.76 Å². The summed E-state index contributed by atoms with van der Waals surface area (Å²) >= 11 is 0. The molecule has 1 aliphatic rings. The van der Waals surface area contributed by atoms with Gasteiger partial charge in [0, 0.05) is 17.8 Å². The zero-order chi connectivity index (χ0) is 12.0. The Morgan fingerprint density at radius 2 is 2.18 bits per heavy atom. The van der Waals surface area contributed by atoms with Crippen LogP contribution in [-0.2, 0) is 5.67 Å². The highest BCUT2D eigenvalue weighted by molar-refractivity contribution is 5.79. The van der Waals surface area contributed by atoms with Crippen molar-refractivity contribution in [1.82, 2.24) is 0 Å². The highest BCUT2D eigenvalue weighted by Gasteiger charge is 2.48. The summed E-state index contributed by atoms with van der Waals surface area (Å²) in [5.41, 5.74) is 6.00. The predicted molar refractivity (Wildman–Crippen MR) is 65.5 cm³/mol. The van der Waals surface area contributed by atoms with Crippen LogP contribution in [0.2, 0.25) is 0 Å². The summed E-state index contributed by atoms with van der Waals surface area (Å²) < 4.78 is 20.4. The number of rotatable bonds is 3. The maximum absolute atomic E-state index is 14.8. The van der Waals surface area contributed by atoms with Crippen molar-refractivity contribution in [2.24, 2.45) is 11.7 Å². The van der Waals surface area contributed by atoms with Crippen LogP contribution in [0.4, 0.5) is 4.39 Å². The van der Waals surface area contributed by atoms with Crippen LogP contribution in [0.1, 0.15) is 24.2 Å². The Bertz CT molecular complexity index is 558. The molecule has 0 spiro atoms. The van der Waals surface area contributed by atoms with E-state index in [1.165, 1.54) is 0 Å². The van der Waals surface area contributed by atoms with Gasteiger partial charge in [0.2, 0.25) is 0 Å². The fraction of sp³-hybridized carbons (Fsp3) is 0.429. The SMILES string of the molecule is Cc1ccc2oc(C(F)(CN)C3CC3)cc2c1. The molecular formula is C14H16FNO. The molecule has 1 atom stereocenters. The zero-order valence-corrected chi connectivity index (χ0v) is 9.87. The van der Waals surface area contributed by atoms with Crippen molar-refractivity contribution in [3.8, 4) is 0 Å². The average Bonchev–Trinajstić information content (AvgIpc) is 3.08. The summed E-state index contributed by atoms with van der Waals surface area (Å²) in [4.78, 5) is 0. The predicted octanol–water partition coefficient (Wildman–Crippen LogP) is 3.27. The van der Waals surface area contributed by atoms with E-state index in [2.05, 4.69) is 0 Å². The van der Waals surface area contributed by atoms with E-state index in [1.807, 2.05) is 25.1 Å². The van der Waals surface area contributed by atoms with Gasteiger partial charge in [0.1, 0.15) is 11.3 Å². The van der Waals surface area contributed by atoms with Gasteiger partial charge in [-0.2, -0.15) is 0 Å². The minimum Gasteiger partial charge on any atom is -0.458 e. The average molecular weight is 233 g/mol. The van der Waals surface area contributed by atoms with Crippen molar-refractivity contribution in [2.75, 3.05) is 6.54 Å². The van der Waals surface area contributed by atoms with Crippen LogP contribution in [-0.4, -0.2) is 6.54 Å². The number of furan rings is 1. The highest BCUT2D eigenvalue weighted by Crippen LogP contribution is 2.49. The Kier molecular flexibility index (Phi) is 2.26. The quantitative estimate of drug-likeness (QED) is 0.883. The second kappa shape index (κ2) is 3.57. The van der Waals surface area contributed by atoms with Crippen LogP contribution in [0.15, 0.2) is 28.7 Å². The molecule has 1 unspecified atom stereocenters. The number of alkyl halides is 1. The fourth-order valence-corrected chi connectivity index (χ4v) is 2.38. The van der Waals surface area contributed by atoms with Crippen molar-refractivity contribution in [3.63, 3.8) is 0 Å². The van der Waals surface area contributed by atoms with Gasteiger partial charge in [0.15, 0.2) is 5.67 Å². The Labute approximate surface area is 99.6 Å². The first-order valence-corrected chi connectivity index (χ1v) is 6.03. The van der Waals surface area contributed by atoms with E-state index in [-0.39, 0.29) is 12.5 Å². The summed E-state index contributed by atoms with van der Waals surface area (Å²) in [5.74, 6) is 0.428. The minimum atomic E-state index is -1.48. The lowest BCUT2D eigenvalue weighted by atomic mass is 9.97. The maximum Gasteiger partial charge on any atom is 0.183 e. The number of halogens is 1. The lowest BCUT2D eigenvalue weighted by Gasteiger charge is -2.20. The molecule has 2 nitrogen and oxygen atoms in total. The summed E-state index contributed by atoms with van der Waals surface area (Å²) in [5, 5.41) is 0.955. The monoisotopic (exact) mass is 233 g/mol. The molecule has 1 aliphatic carbocycles. The van der Waals surface area contributed by atoms with Crippen molar-refractivity contribution in [1.29, 1.82) is 0 Å². The number of nitrogens with two attached hydrogens (primary N) is 1. The van der Waals surface area contributed by atoms with Gasteiger partial charge in [-0.05, 0) is 38.0 Å². The molecule has 0 saturated heterocycles. The molecule has 2 N–H and O–H groups in total. The first kappa shape index (κ1) is 10.8. The summed E-state index contributed by atoms with van der Waals surface area (Å²) in [6, 6.07) is 7.66. The Hall–Kier alpha value is -1.35. The maximum atomic E-state index is 14.8. The zero-order valence-electron chi connectivity index (χ0n) is 9.87. The standard InChI is InChI=1S/C14H16FNO/c1-9-2-5-12-10(6-9)7-13(17-12)14(15,8-16)11-3-4-11/h2,5-7,11H,3-4,8,16H2,1H3. The van der Waals surface area contributed by atoms with Gasteiger partial charge >= 0.3 is 0 Å². The van der Waals surface area contributed by atoms with E-state index in [4.69, 9.17) is 10.2 Å². The molecule has 1 saturated carbocycles. The molecule has 3 heteroatoms. The van der Waals surface area contributed by atoms with Crippen molar-refractivity contribution in [2.45, 2.75) is 25.4 Å². The van der Waals surface area contributed by atoms with E-state index in [1.54, 1.807) is 6.07 Å². The summed E-state index contributed by atoms with van der Waals surface area (Å²) in [6.45, 7) is 2.01. The topological polar surface area (TPSA) is 39.2 Å². The third-order valence-electron chi connectivity index (χ3n) is 3.60. The van der Waals surface area contributed by atoms with E-state index in [9.17, 15) is 4.39 Å². The van der Waals surface area contributed by atoms with E-state index < -0.39 is 5.67 Å². The molecule has 1 heterocycles. The van der Waals surface area contributed by atoms with E-state index >= 15 is 0 Å². The largest absolute Gasteiger partial charge is 0.458 e. The van der Waals surface area contributed by atoms with Gasteiger partial charge in [-0.3, -0.25) is 0 Å². The second-order valence-corrected chi connectivity index (χ2v) is 4.99. The molecule has 1 aromatic heterocycles. The molecule has 1 aromatic carbocycles. The third-order valence-corrected chi connectivity index (χ3v) is 3.60. The normalized spacial score (nSPS) is 19.5. The lowest BCUT2D eigenvalue weighted by molar-refractivity contribution is 0.113. The molecule has 2 aromatic rings. The van der Waals surface area contributed by atoms with Crippen LogP contribution >= 0.6 is 0 Å². The van der Waals surface area contributed by atoms with Crippen molar-refractivity contribution < 1.29 is 8.81 Å². The molecule has 1 fully saturated rings. The van der Waals surface area contributed by atoms with Crippen LogP contribution < -0.4 is 5.73 Å². The fourth-order valence-electron chi connectivity index (χ4n) is 2.38. The smallest absolute Gasteiger partial charge is 0.183 e. The number of fused-ring (bicyclic) bond motifs is 1. The summed E-state index contributed by atoms with van der Waals surface area (Å²) in [6.07, 6.45) is 1.81. The van der Waals surface area contributed by atoms with Gasteiger partial charge in [0.25, 0.3) is 0 Å². The Morgan fingerprint density at radius 3 is 2.82 bits per heavy atom. The molecular weight excluding hydrogens is 217 g/mol.